The maximum Gasteiger partial charge on any atom is 0.317 e. The van der Waals surface area contributed by atoms with Gasteiger partial charge >= 0.3 is 6.01 Å². The number of rotatable bonds is 8. The molecule has 0 aliphatic heterocycles. The van der Waals surface area contributed by atoms with Crippen LogP contribution >= 0.6 is 0 Å². The van der Waals surface area contributed by atoms with E-state index in [0.717, 1.165) is 19.4 Å². The highest BCUT2D eigenvalue weighted by Crippen LogP contribution is 2.49. The summed E-state index contributed by atoms with van der Waals surface area (Å²) in [7, 11) is 1.96. The molecule has 20 heavy (non-hydrogen) atoms. The van der Waals surface area contributed by atoms with Crippen molar-refractivity contribution in [3.8, 4) is 6.01 Å². The summed E-state index contributed by atoms with van der Waals surface area (Å²) in [5.74, 6) is -0.0487. The van der Waals surface area contributed by atoms with Crippen LogP contribution in [0.5, 0.6) is 6.01 Å². The molecule has 7 nitrogen and oxygen atoms in total. The van der Waals surface area contributed by atoms with Crippen LogP contribution in [0, 0.1) is 5.41 Å². The number of aromatic nitrogens is 2. The van der Waals surface area contributed by atoms with Crippen molar-refractivity contribution in [2.45, 2.75) is 25.7 Å². The Kier molecular flexibility index (Phi) is 4.73. The lowest BCUT2D eigenvalue weighted by atomic mass is 10.0. The number of nitrogens with zero attached hydrogens (tertiary/aromatic N) is 3. The molecule has 1 aromatic heterocycles. The summed E-state index contributed by atoms with van der Waals surface area (Å²) >= 11 is 0. The highest BCUT2D eigenvalue weighted by Gasteiger charge is 2.42. The van der Waals surface area contributed by atoms with E-state index in [1.54, 1.807) is 6.07 Å². The Balaban J connectivity index is 1.88. The molecule has 0 bridgehead atoms. The Morgan fingerprint density at radius 1 is 1.60 bits per heavy atom. The number of ether oxygens (including phenoxy) is 1. The highest BCUT2D eigenvalue weighted by molar-refractivity contribution is 5.95. The number of hydrogen-bond donors (Lipinski definition) is 3. The molecule has 2 rings (SSSR count). The first-order valence-electron chi connectivity index (χ1n) is 6.77. The summed E-state index contributed by atoms with van der Waals surface area (Å²) in [6.45, 7) is 1.65. The van der Waals surface area contributed by atoms with Crippen molar-refractivity contribution < 1.29 is 9.94 Å². The second kappa shape index (κ2) is 6.51. The van der Waals surface area contributed by atoms with Crippen LogP contribution in [0.25, 0.3) is 0 Å². The zero-order valence-corrected chi connectivity index (χ0v) is 11.7. The zero-order valence-electron chi connectivity index (χ0n) is 11.7. The largest absolute Gasteiger partial charge is 0.463 e. The van der Waals surface area contributed by atoms with Crippen molar-refractivity contribution in [1.82, 2.24) is 15.3 Å². The summed E-state index contributed by atoms with van der Waals surface area (Å²) in [6, 6.07) is 1.84. The molecule has 1 saturated carbocycles. The van der Waals surface area contributed by atoms with Gasteiger partial charge in [-0.15, -0.1) is 0 Å². The standard InChI is InChI=1S/C13H21N5O2/c1-15-7-2-4-13(5-6-13)9-20-12-16-8-3-10(17-12)11(14)18-19/h3,8,15,19H,2,4-7,9H2,1H3,(H2,14,18). The fourth-order valence-electron chi connectivity index (χ4n) is 2.11. The fraction of sp³-hybridized carbons (Fsp3) is 0.615. The molecule has 1 fully saturated rings. The molecule has 0 unspecified atom stereocenters. The fourth-order valence-corrected chi connectivity index (χ4v) is 2.11. The molecular formula is C13H21N5O2. The predicted octanol–water partition coefficient (Wildman–Crippen LogP) is 0.730. The number of nitrogens with one attached hydrogen (secondary N) is 1. The van der Waals surface area contributed by atoms with Gasteiger partial charge in [-0.25, -0.2) is 4.98 Å². The molecule has 0 saturated heterocycles. The van der Waals surface area contributed by atoms with E-state index in [9.17, 15) is 0 Å². The Hall–Kier alpha value is -1.89. The molecule has 0 amide bonds. The van der Waals surface area contributed by atoms with E-state index in [4.69, 9.17) is 15.7 Å². The third-order valence-corrected chi connectivity index (χ3v) is 3.60. The zero-order chi connectivity index (χ0) is 14.4. The van der Waals surface area contributed by atoms with E-state index in [1.165, 1.54) is 19.0 Å². The topological polar surface area (TPSA) is 106 Å². The minimum Gasteiger partial charge on any atom is -0.463 e. The van der Waals surface area contributed by atoms with Gasteiger partial charge in [0.05, 0.1) is 6.61 Å². The smallest absolute Gasteiger partial charge is 0.317 e. The molecule has 1 aliphatic rings. The van der Waals surface area contributed by atoms with Crippen molar-refractivity contribution in [1.29, 1.82) is 0 Å². The average Bonchev–Trinajstić information content (AvgIpc) is 3.25. The maximum absolute atomic E-state index is 8.62. The van der Waals surface area contributed by atoms with Gasteiger partial charge < -0.3 is 21.0 Å². The first-order valence-corrected chi connectivity index (χ1v) is 6.77. The summed E-state index contributed by atoms with van der Waals surface area (Å²) < 4.78 is 5.66. The van der Waals surface area contributed by atoms with Crippen LogP contribution in [0.3, 0.4) is 0 Å². The third kappa shape index (κ3) is 3.80. The van der Waals surface area contributed by atoms with Crippen molar-refractivity contribution in [3.05, 3.63) is 18.0 Å². The third-order valence-electron chi connectivity index (χ3n) is 3.60. The Morgan fingerprint density at radius 2 is 2.40 bits per heavy atom. The van der Waals surface area contributed by atoms with Crippen LogP contribution in [0.4, 0.5) is 0 Å². The van der Waals surface area contributed by atoms with Gasteiger partial charge in [-0.3, -0.25) is 0 Å². The summed E-state index contributed by atoms with van der Waals surface area (Å²) in [5.41, 5.74) is 6.13. The van der Waals surface area contributed by atoms with Crippen molar-refractivity contribution in [3.63, 3.8) is 0 Å². The van der Waals surface area contributed by atoms with Gasteiger partial charge in [0.2, 0.25) is 0 Å². The molecule has 110 valence electrons. The van der Waals surface area contributed by atoms with E-state index in [0.29, 0.717) is 12.3 Å². The van der Waals surface area contributed by atoms with E-state index in [1.807, 2.05) is 7.05 Å². The lowest BCUT2D eigenvalue weighted by Crippen LogP contribution is -2.19. The Morgan fingerprint density at radius 3 is 3.05 bits per heavy atom. The molecule has 1 aromatic rings. The van der Waals surface area contributed by atoms with Crippen molar-refractivity contribution in [2.75, 3.05) is 20.2 Å². The number of nitrogens with two attached hydrogens (primary N) is 1. The van der Waals surface area contributed by atoms with Crippen LogP contribution in [0.2, 0.25) is 0 Å². The lowest BCUT2D eigenvalue weighted by Gasteiger charge is -2.15. The molecule has 4 N–H and O–H groups in total. The molecular weight excluding hydrogens is 258 g/mol. The molecule has 0 radical (unpaired) electrons. The van der Waals surface area contributed by atoms with Crippen LogP contribution in [-0.4, -0.2) is 41.2 Å². The molecule has 0 atom stereocenters. The van der Waals surface area contributed by atoms with E-state index >= 15 is 0 Å². The van der Waals surface area contributed by atoms with E-state index in [2.05, 4.69) is 20.4 Å². The number of hydrogen-bond acceptors (Lipinski definition) is 6. The van der Waals surface area contributed by atoms with Gasteiger partial charge in [0.1, 0.15) is 5.69 Å². The first-order chi connectivity index (χ1) is 9.69. The second-order valence-electron chi connectivity index (χ2n) is 5.21. The molecule has 0 spiro atoms. The second-order valence-corrected chi connectivity index (χ2v) is 5.21. The van der Waals surface area contributed by atoms with Crippen LogP contribution < -0.4 is 15.8 Å². The minimum atomic E-state index is -0.0487. The van der Waals surface area contributed by atoms with Crippen LogP contribution in [-0.2, 0) is 0 Å². The van der Waals surface area contributed by atoms with Gasteiger partial charge in [-0.1, -0.05) is 5.16 Å². The summed E-state index contributed by atoms with van der Waals surface area (Å²) in [5, 5.41) is 14.7. The average molecular weight is 279 g/mol. The summed E-state index contributed by atoms with van der Waals surface area (Å²) in [6.07, 6.45) is 6.21. The number of amidine groups is 1. The van der Waals surface area contributed by atoms with Gasteiger partial charge in [0.15, 0.2) is 5.84 Å². The Labute approximate surface area is 118 Å². The van der Waals surface area contributed by atoms with Gasteiger partial charge in [-0.05, 0) is 45.3 Å². The van der Waals surface area contributed by atoms with Crippen molar-refractivity contribution >= 4 is 5.84 Å². The van der Waals surface area contributed by atoms with Crippen LogP contribution in [0.1, 0.15) is 31.4 Å². The van der Waals surface area contributed by atoms with Crippen molar-refractivity contribution in [2.24, 2.45) is 16.3 Å². The van der Waals surface area contributed by atoms with Gasteiger partial charge in [0, 0.05) is 11.6 Å². The highest BCUT2D eigenvalue weighted by atomic mass is 16.5. The van der Waals surface area contributed by atoms with Gasteiger partial charge in [-0.2, -0.15) is 4.98 Å². The van der Waals surface area contributed by atoms with E-state index < -0.39 is 0 Å². The maximum atomic E-state index is 8.62. The first kappa shape index (κ1) is 14.5. The molecule has 7 heteroatoms. The minimum absolute atomic E-state index is 0.0487. The lowest BCUT2D eigenvalue weighted by molar-refractivity contribution is 0.207. The van der Waals surface area contributed by atoms with Gasteiger partial charge in [0.25, 0.3) is 0 Å². The van der Waals surface area contributed by atoms with E-state index in [-0.39, 0.29) is 17.3 Å². The molecule has 1 aliphatic carbocycles. The predicted molar refractivity (Wildman–Crippen MR) is 74.9 cm³/mol. The SMILES string of the molecule is CNCCCC1(COc2nccc(/C(N)=N/O)n2)CC1. The van der Waals surface area contributed by atoms with Crippen LogP contribution in [0.15, 0.2) is 17.4 Å². The monoisotopic (exact) mass is 279 g/mol. The number of oxime groups is 1. The summed E-state index contributed by atoms with van der Waals surface area (Å²) in [4.78, 5) is 8.15. The molecule has 1 heterocycles. The Bertz CT molecular complexity index is 474. The quantitative estimate of drug-likeness (QED) is 0.213. The molecule has 0 aromatic carbocycles. The normalized spacial score (nSPS) is 16.9.